The third kappa shape index (κ3) is 4.25. The molecule has 0 fully saturated rings. The van der Waals surface area contributed by atoms with Crippen molar-refractivity contribution in [2.75, 3.05) is 13.2 Å². The van der Waals surface area contributed by atoms with Crippen molar-refractivity contribution in [3.8, 4) is 5.75 Å². The molecule has 0 spiro atoms. The normalized spacial score (nSPS) is 9.94. The van der Waals surface area contributed by atoms with E-state index in [1.54, 1.807) is 12.1 Å². The van der Waals surface area contributed by atoms with Crippen LogP contribution in [0.25, 0.3) is 0 Å². The Morgan fingerprint density at radius 3 is 2.28 bits per heavy atom. The zero-order valence-electron chi connectivity index (χ0n) is 10.2. The van der Waals surface area contributed by atoms with Crippen molar-refractivity contribution in [1.29, 1.82) is 0 Å². The van der Waals surface area contributed by atoms with E-state index in [0.29, 0.717) is 10.8 Å². The summed E-state index contributed by atoms with van der Waals surface area (Å²) in [6.45, 7) is 2.92. The Hall–Kier alpha value is -1.75. The fraction of sp³-hybridized carbons (Fsp3) is 0.333. The Kier molecular flexibility index (Phi) is 4.97. The van der Waals surface area contributed by atoms with Crippen molar-refractivity contribution < 1.29 is 19.1 Å². The van der Waals surface area contributed by atoms with E-state index in [2.05, 4.69) is 4.74 Å². The van der Waals surface area contributed by atoms with Gasteiger partial charge < -0.3 is 15.2 Å². The van der Waals surface area contributed by atoms with Gasteiger partial charge in [-0.2, -0.15) is 0 Å². The molecule has 0 heterocycles. The minimum atomic E-state index is -0.706. The van der Waals surface area contributed by atoms with E-state index < -0.39 is 18.5 Å². The van der Waals surface area contributed by atoms with Gasteiger partial charge in [-0.1, -0.05) is 11.6 Å². The second-order valence-electron chi connectivity index (χ2n) is 3.78. The number of carbonyl (C=O) groups is 2. The monoisotopic (exact) mass is 271 g/mol. The highest BCUT2D eigenvalue weighted by atomic mass is 35.5. The number of carbonyl (C=O) groups excluding carboxylic acids is 2. The first-order chi connectivity index (χ1) is 8.40. The summed E-state index contributed by atoms with van der Waals surface area (Å²) in [5, 5.41) is 0.605. The van der Waals surface area contributed by atoms with Crippen LogP contribution < -0.4 is 10.5 Å². The summed E-state index contributed by atoms with van der Waals surface area (Å²) in [6.07, 6.45) is 0. The predicted octanol–water partition coefficient (Wildman–Crippen LogP) is 1.36. The first-order valence-electron chi connectivity index (χ1n) is 5.23. The Morgan fingerprint density at radius 1 is 1.22 bits per heavy atom. The van der Waals surface area contributed by atoms with E-state index in [0.717, 1.165) is 11.1 Å². The van der Waals surface area contributed by atoms with Gasteiger partial charge in [0.15, 0.2) is 13.2 Å². The molecule has 0 unspecified atom stereocenters. The molecule has 0 aliphatic carbocycles. The van der Waals surface area contributed by atoms with Crippen LogP contribution in [0.5, 0.6) is 5.75 Å². The summed E-state index contributed by atoms with van der Waals surface area (Å²) in [4.78, 5) is 21.6. The van der Waals surface area contributed by atoms with Gasteiger partial charge in [0.2, 0.25) is 0 Å². The van der Waals surface area contributed by atoms with Gasteiger partial charge >= 0.3 is 5.97 Å². The highest BCUT2D eigenvalue weighted by Crippen LogP contribution is 2.26. The molecule has 0 bridgehead atoms. The van der Waals surface area contributed by atoms with E-state index >= 15 is 0 Å². The molecule has 0 saturated heterocycles. The first kappa shape index (κ1) is 14.3. The SMILES string of the molecule is Cc1cc(Cl)cc(C)c1OCC(=O)OCC(N)=O. The molecule has 0 saturated carbocycles. The Morgan fingerprint density at radius 2 is 1.78 bits per heavy atom. The van der Waals surface area contributed by atoms with Gasteiger partial charge in [-0.25, -0.2) is 4.79 Å². The molecule has 0 aliphatic rings. The van der Waals surface area contributed by atoms with Gasteiger partial charge in [-0.15, -0.1) is 0 Å². The molecular weight excluding hydrogens is 258 g/mol. The fourth-order valence-electron chi connectivity index (χ4n) is 1.45. The summed E-state index contributed by atoms with van der Waals surface area (Å²) < 4.78 is 9.90. The maximum atomic E-state index is 11.2. The number of hydrogen-bond acceptors (Lipinski definition) is 4. The molecular formula is C12H14ClNO4. The van der Waals surface area contributed by atoms with E-state index in [-0.39, 0.29) is 6.61 Å². The van der Waals surface area contributed by atoms with Crippen molar-refractivity contribution in [3.63, 3.8) is 0 Å². The molecule has 1 rings (SSSR count). The number of benzene rings is 1. The van der Waals surface area contributed by atoms with E-state index in [4.69, 9.17) is 22.1 Å². The largest absolute Gasteiger partial charge is 0.481 e. The average molecular weight is 272 g/mol. The van der Waals surface area contributed by atoms with Crippen LogP contribution in [0, 0.1) is 13.8 Å². The second kappa shape index (κ2) is 6.26. The maximum Gasteiger partial charge on any atom is 0.344 e. The number of primary amides is 1. The van der Waals surface area contributed by atoms with Crippen molar-refractivity contribution in [2.45, 2.75) is 13.8 Å². The maximum absolute atomic E-state index is 11.2. The minimum Gasteiger partial charge on any atom is -0.481 e. The van der Waals surface area contributed by atoms with Gasteiger partial charge in [-0.3, -0.25) is 4.79 Å². The molecule has 5 nitrogen and oxygen atoms in total. The van der Waals surface area contributed by atoms with Gasteiger partial charge in [0.05, 0.1) is 0 Å². The summed E-state index contributed by atoms with van der Waals surface area (Å²) in [7, 11) is 0. The van der Waals surface area contributed by atoms with Crippen LogP contribution in [0.3, 0.4) is 0 Å². The number of rotatable bonds is 5. The van der Waals surface area contributed by atoms with Crippen LogP contribution in [0.4, 0.5) is 0 Å². The zero-order valence-corrected chi connectivity index (χ0v) is 10.9. The van der Waals surface area contributed by atoms with Gasteiger partial charge in [0.1, 0.15) is 5.75 Å². The Balaban J connectivity index is 2.58. The number of amides is 1. The first-order valence-corrected chi connectivity index (χ1v) is 5.61. The summed E-state index contributed by atoms with van der Waals surface area (Å²) in [5.74, 6) is -0.778. The van der Waals surface area contributed by atoms with Crippen molar-refractivity contribution in [3.05, 3.63) is 28.3 Å². The number of aryl methyl sites for hydroxylation is 2. The van der Waals surface area contributed by atoms with E-state index in [1.165, 1.54) is 0 Å². The highest BCUT2D eigenvalue weighted by molar-refractivity contribution is 6.30. The lowest BCUT2D eigenvalue weighted by molar-refractivity contribution is -0.149. The summed E-state index contributed by atoms with van der Waals surface area (Å²) >= 11 is 5.87. The number of halogens is 1. The molecule has 18 heavy (non-hydrogen) atoms. The van der Waals surface area contributed by atoms with Crippen LogP contribution in [-0.2, 0) is 14.3 Å². The second-order valence-corrected chi connectivity index (χ2v) is 4.22. The summed E-state index contributed by atoms with van der Waals surface area (Å²) in [6, 6.07) is 3.47. The predicted molar refractivity (Wildman–Crippen MR) is 66.6 cm³/mol. The van der Waals surface area contributed by atoms with Crippen molar-refractivity contribution >= 4 is 23.5 Å². The molecule has 1 aromatic carbocycles. The van der Waals surface area contributed by atoms with Crippen molar-refractivity contribution in [2.24, 2.45) is 5.73 Å². The van der Waals surface area contributed by atoms with Crippen LogP contribution in [-0.4, -0.2) is 25.1 Å². The molecule has 0 radical (unpaired) electrons. The quantitative estimate of drug-likeness (QED) is 0.820. The zero-order chi connectivity index (χ0) is 13.7. The Bertz CT molecular complexity index is 450. The highest BCUT2D eigenvalue weighted by Gasteiger charge is 2.10. The lowest BCUT2D eigenvalue weighted by atomic mass is 10.1. The van der Waals surface area contributed by atoms with E-state index in [9.17, 15) is 9.59 Å². The van der Waals surface area contributed by atoms with Crippen molar-refractivity contribution in [1.82, 2.24) is 0 Å². The van der Waals surface area contributed by atoms with Gasteiger partial charge in [0.25, 0.3) is 5.91 Å². The lowest BCUT2D eigenvalue weighted by Crippen LogP contribution is -2.24. The Labute approximate surface area is 110 Å². The third-order valence-corrected chi connectivity index (χ3v) is 2.35. The van der Waals surface area contributed by atoms with Gasteiger partial charge in [0, 0.05) is 5.02 Å². The third-order valence-electron chi connectivity index (χ3n) is 2.13. The molecule has 0 atom stereocenters. The van der Waals surface area contributed by atoms with Crippen LogP contribution in [0.2, 0.25) is 5.02 Å². The van der Waals surface area contributed by atoms with Crippen LogP contribution >= 0.6 is 11.6 Å². The molecule has 1 amide bonds. The standard InChI is InChI=1S/C12H14ClNO4/c1-7-3-9(13)4-8(2)12(7)18-6-11(16)17-5-10(14)15/h3-4H,5-6H2,1-2H3,(H2,14,15). The lowest BCUT2D eigenvalue weighted by Gasteiger charge is -2.11. The van der Waals surface area contributed by atoms with Crippen LogP contribution in [0.1, 0.15) is 11.1 Å². The molecule has 2 N–H and O–H groups in total. The number of nitrogens with two attached hydrogens (primary N) is 1. The average Bonchev–Trinajstić information content (AvgIpc) is 2.24. The van der Waals surface area contributed by atoms with Crippen LogP contribution in [0.15, 0.2) is 12.1 Å². The molecule has 0 aliphatic heterocycles. The smallest absolute Gasteiger partial charge is 0.344 e. The molecule has 1 aromatic rings. The van der Waals surface area contributed by atoms with E-state index in [1.807, 2.05) is 13.8 Å². The molecule has 98 valence electrons. The molecule has 0 aromatic heterocycles. The van der Waals surface area contributed by atoms with Gasteiger partial charge in [-0.05, 0) is 37.1 Å². The minimum absolute atomic E-state index is 0.281. The summed E-state index contributed by atoms with van der Waals surface area (Å²) in [5.41, 5.74) is 6.49. The number of esters is 1. The topological polar surface area (TPSA) is 78.6 Å². The number of ether oxygens (including phenoxy) is 2. The molecule has 6 heteroatoms. The fourth-order valence-corrected chi connectivity index (χ4v) is 1.78. The number of hydrogen-bond donors (Lipinski definition) is 1.